The van der Waals surface area contributed by atoms with Gasteiger partial charge in [0.25, 0.3) is 5.91 Å². The lowest BCUT2D eigenvalue weighted by Crippen LogP contribution is -2.15. The summed E-state index contributed by atoms with van der Waals surface area (Å²) >= 11 is 1.23. The molecule has 0 unspecified atom stereocenters. The molecule has 10 heteroatoms. The minimum absolute atomic E-state index is 0.0527. The first-order chi connectivity index (χ1) is 15.5. The molecule has 9 nitrogen and oxygen atoms in total. The molecule has 0 radical (unpaired) electrons. The van der Waals surface area contributed by atoms with Crippen LogP contribution in [0.2, 0.25) is 0 Å². The van der Waals surface area contributed by atoms with Crippen molar-refractivity contribution in [1.29, 1.82) is 0 Å². The van der Waals surface area contributed by atoms with E-state index in [1.807, 2.05) is 0 Å². The largest absolute Gasteiger partial charge is 0.493 e. The Labute approximate surface area is 189 Å². The molecule has 0 aliphatic rings. The van der Waals surface area contributed by atoms with Gasteiger partial charge in [0.1, 0.15) is 0 Å². The molecule has 3 rings (SSSR count). The number of thiazole rings is 1. The maximum Gasteiger partial charge on any atom is 0.257 e. The van der Waals surface area contributed by atoms with Crippen molar-refractivity contribution in [2.75, 3.05) is 39.1 Å². The third kappa shape index (κ3) is 5.46. The summed E-state index contributed by atoms with van der Waals surface area (Å²) in [5, 5.41) is 7.63. The number of aromatic nitrogens is 1. The van der Waals surface area contributed by atoms with Crippen molar-refractivity contribution >= 4 is 34.0 Å². The molecule has 0 bridgehead atoms. The standard InChI is InChI=1S/C22H23N3O6S/c1-28-16-7-5-13(9-18(16)30-3)21(27)25-22-24-15(12-32-22)11-20(26)23-14-6-8-17(29-2)19(10-14)31-4/h5-10,12H,11H2,1-4H3,(H,23,26)(H,24,25,27). The van der Waals surface area contributed by atoms with E-state index in [4.69, 9.17) is 18.9 Å². The van der Waals surface area contributed by atoms with Gasteiger partial charge in [0.2, 0.25) is 5.91 Å². The van der Waals surface area contributed by atoms with E-state index in [0.29, 0.717) is 45.1 Å². The van der Waals surface area contributed by atoms with E-state index in [0.717, 1.165) is 0 Å². The van der Waals surface area contributed by atoms with Crippen LogP contribution in [0.1, 0.15) is 16.1 Å². The number of rotatable bonds is 9. The fourth-order valence-corrected chi connectivity index (χ4v) is 3.58. The maximum atomic E-state index is 12.5. The van der Waals surface area contributed by atoms with Crippen LogP contribution in [0.5, 0.6) is 23.0 Å². The first-order valence-corrected chi connectivity index (χ1v) is 10.3. The average Bonchev–Trinajstić information content (AvgIpc) is 3.24. The number of carbonyl (C=O) groups is 2. The molecule has 32 heavy (non-hydrogen) atoms. The van der Waals surface area contributed by atoms with E-state index in [2.05, 4.69) is 15.6 Å². The zero-order valence-corrected chi connectivity index (χ0v) is 18.9. The van der Waals surface area contributed by atoms with Crippen molar-refractivity contribution in [2.45, 2.75) is 6.42 Å². The van der Waals surface area contributed by atoms with Gasteiger partial charge in [0, 0.05) is 22.7 Å². The Morgan fingerprint density at radius 3 is 2.12 bits per heavy atom. The predicted molar refractivity (Wildman–Crippen MR) is 121 cm³/mol. The summed E-state index contributed by atoms with van der Waals surface area (Å²) in [6.07, 6.45) is 0.0527. The van der Waals surface area contributed by atoms with E-state index in [1.54, 1.807) is 48.9 Å². The number of hydrogen-bond donors (Lipinski definition) is 2. The van der Waals surface area contributed by atoms with Crippen LogP contribution >= 0.6 is 11.3 Å². The molecular formula is C22H23N3O6S. The second kappa shape index (κ2) is 10.5. The molecule has 0 spiro atoms. The van der Waals surface area contributed by atoms with Gasteiger partial charge >= 0.3 is 0 Å². The van der Waals surface area contributed by atoms with Crippen LogP contribution in [0, 0.1) is 0 Å². The molecule has 0 saturated carbocycles. The zero-order valence-electron chi connectivity index (χ0n) is 18.1. The van der Waals surface area contributed by atoms with E-state index >= 15 is 0 Å². The molecule has 0 aliphatic carbocycles. The van der Waals surface area contributed by atoms with Crippen molar-refractivity contribution < 1.29 is 28.5 Å². The Hall–Kier alpha value is -3.79. The topological polar surface area (TPSA) is 108 Å². The summed E-state index contributed by atoms with van der Waals surface area (Å²) in [6.45, 7) is 0. The number of carbonyl (C=O) groups excluding carboxylic acids is 2. The summed E-state index contributed by atoms with van der Waals surface area (Å²) in [7, 11) is 6.09. The average molecular weight is 458 g/mol. The quantitative estimate of drug-likeness (QED) is 0.505. The van der Waals surface area contributed by atoms with Gasteiger partial charge in [-0.15, -0.1) is 11.3 Å². The number of ether oxygens (including phenoxy) is 4. The lowest BCUT2D eigenvalue weighted by Gasteiger charge is -2.10. The number of anilines is 2. The highest BCUT2D eigenvalue weighted by molar-refractivity contribution is 7.14. The van der Waals surface area contributed by atoms with Crippen molar-refractivity contribution in [3.05, 3.63) is 53.0 Å². The van der Waals surface area contributed by atoms with E-state index in [-0.39, 0.29) is 18.2 Å². The van der Waals surface area contributed by atoms with E-state index in [9.17, 15) is 9.59 Å². The van der Waals surface area contributed by atoms with Crippen LogP contribution in [0.25, 0.3) is 0 Å². The molecular weight excluding hydrogens is 434 g/mol. The zero-order chi connectivity index (χ0) is 23.1. The molecule has 2 amide bonds. The summed E-state index contributed by atoms with van der Waals surface area (Å²) in [6, 6.07) is 9.96. The molecule has 0 atom stereocenters. The monoisotopic (exact) mass is 457 g/mol. The van der Waals surface area contributed by atoms with Crippen LogP contribution in [-0.2, 0) is 11.2 Å². The highest BCUT2D eigenvalue weighted by Gasteiger charge is 2.14. The molecule has 2 N–H and O–H groups in total. The van der Waals surface area contributed by atoms with Crippen molar-refractivity contribution in [1.82, 2.24) is 4.98 Å². The first kappa shape index (κ1) is 22.9. The van der Waals surface area contributed by atoms with Crippen LogP contribution < -0.4 is 29.6 Å². The lowest BCUT2D eigenvalue weighted by molar-refractivity contribution is -0.115. The van der Waals surface area contributed by atoms with Crippen LogP contribution in [0.15, 0.2) is 41.8 Å². The van der Waals surface area contributed by atoms with Gasteiger partial charge < -0.3 is 24.3 Å². The number of nitrogens with zero attached hydrogens (tertiary/aromatic N) is 1. The molecule has 0 fully saturated rings. The SMILES string of the molecule is COc1ccc(NC(=O)Cc2csc(NC(=O)c3ccc(OC)c(OC)c3)n2)cc1OC. The van der Waals surface area contributed by atoms with Gasteiger partial charge in [-0.1, -0.05) is 0 Å². The van der Waals surface area contributed by atoms with Gasteiger partial charge in [0.15, 0.2) is 28.1 Å². The molecule has 0 aliphatic heterocycles. The summed E-state index contributed by atoms with van der Waals surface area (Å²) in [5.41, 5.74) is 1.51. The van der Waals surface area contributed by atoms with Crippen molar-refractivity contribution in [2.24, 2.45) is 0 Å². The summed E-state index contributed by atoms with van der Waals surface area (Å²) in [4.78, 5) is 29.2. The maximum absolute atomic E-state index is 12.5. The fraction of sp³-hybridized carbons (Fsp3) is 0.227. The second-order valence-corrected chi connectivity index (χ2v) is 7.32. The Kier molecular flexibility index (Phi) is 7.50. The number of hydrogen-bond acceptors (Lipinski definition) is 8. The third-order valence-corrected chi connectivity index (χ3v) is 5.23. The Morgan fingerprint density at radius 2 is 1.47 bits per heavy atom. The van der Waals surface area contributed by atoms with Crippen molar-refractivity contribution in [3.63, 3.8) is 0 Å². The van der Waals surface area contributed by atoms with Crippen LogP contribution in [-0.4, -0.2) is 45.2 Å². The van der Waals surface area contributed by atoms with Gasteiger partial charge in [-0.2, -0.15) is 0 Å². The number of amides is 2. The van der Waals surface area contributed by atoms with Crippen LogP contribution in [0.3, 0.4) is 0 Å². The van der Waals surface area contributed by atoms with Gasteiger partial charge in [-0.05, 0) is 30.3 Å². The third-order valence-electron chi connectivity index (χ3n) is 4.43. The van der Waals surface area contributed by atoms with Gasteiger partial charge in [0.05, 0.1) is 40.6 Å². The summed E-state index contributed by atoms with van der Waals surface area (Å²) in [5.74, 6) is 1.47. The molecule has 1 heterocycles. The Balaban J connectivity index is 1.61. The van der Waals surface area contributed by atoms with E-state index in [1.165, 1.54) is 32.7 Å². The summed E-state index contributed by atoms with van der Waals surface area (Å²) < 4.78 is 20.8. The highest BCUT2D eigenvalue weighted by Crippen LogP contribution is 2.30. The molecule has 1 aromatic heterocycles. The molecule has 0 saturated heterocycles. The van der Waals surface area contributed by atoms with Gasteiger partial charge in [-0.25, -0.2) is 4.98 Å². The number of nitrogens with one attached hydrogen (secondary N) is 2. The molecule has 2 aromatic carbocycles. The minimum Gasteiger partial charge on any atom is -0.493 e. The Morgan fingerprint density at radius 1 is 0.844 bits per heavy atom. The molecule has 168 valence electrons. The lowest BCUT2D eigenvalue weighted by atomic mass is 10.2. The van der Waals surface area contributed by atoms with Crippen molar-refractivity contribution in [3.8, 4) is 23.0 Å². The highest BCUT2D eigenvalue weighted by atomic mass is 32.1. The predicted octanol–water partition coefficient (Wildman–Crippen LogP) is 3.61. The normalized spacial score (nSPS) is 10.2. The van der Waals surface area contributed by atoms with Gasteiger partial charge in [-0.3, -0.25) is 14.9 Å². The van der Waals surface area contributed by atoms with Crippen LogP contribution in [0.4, 0.5) is 10.8 Å². The Bertz CT molecular complexity index is 1110. The smallest absolute Gasteiger partial charge is 0.257 e. The number of methoxy groups -OCH3 is 4. The molecule has 3 aromatic rings. The fourth-order valence-electron chi connectivity index (χ4n) is 2.88. The number of benzene rings is 2. The van der Waals surface area contributed by atoms with E-state index < -0.39 is 0 Å². The minimum atomic E-state index is -0.346. The first-order valence-electron chi connectivity index (χ1n) is 9.47. The second-order valence-electron chi connectivity index (χ2n) is 6.46.